The Morgan fingerprint density at radius 2 is 2.07 bits per heavy atom. The first kappa shape index (κ1) is 11.7. The third-order valence-electron chi connectivity index (χ3n) is 2.14. The molecule has 1 aromatic carbocycles. The van der Waals surface area contributed by atoms with E-state index in [9.17, 15) is 0 Å². The molecule has 0 bridgehead atoms. The quantitative estimate of drug-likeness (QED) is 0.791. The van der Waals surface area contributed by atoms with Crippen LogP contribution in [0, 0.1) is 6.92 Å². The predicted molar refractivity (Wildman–Crippen MR) is 64.9 cm³/mol. The Hall–Kier alpha value is -1.35. The number of hydrogen-bond acceptors (Lipinski definition) is 2. The molecule has 0 aliphatic rings. The molecule has 0 saturated carbocycles. The number of fused-ring (bicyclic) bond motifs is 1. The molecule has 1 heterocycles. The zero-order chi connectivity index (χ0) is 11.3. The van der Waals surface area contributed by atoms with Crippen molar-refractivity contribution in [3.8, 4) is 0 Å². The SMILES string of the molecule is CC.CNCc1[nH]nc2ccc(C)cc12. The Labute approximate surface area is 90.9 Å². The monoisotopic (exact) mass is 205 g/mol. The van der Waals surface area contributed by atoms with E-state index >= 15 is 0 Å². The number of H-pyrrole nitrogens is 1. The number of aryl methyl sites for hydroxylation is 1. The molecule has 0 saturated heterocycles. The molecule has 82 valence electrons. The van der Waals surface area contributed by atoms with Crippen LogP contribution in [0.4, 0.5) is 0 Å². The second kappa shape index (κ2) is 5.51. The van der Waals surface area contributed by atoms with E-state index in [-0.39, 0.29) is 0 Å². The van der Waals surface area contributed by atoms with Crippen LogP contribution in [-0.4, -0.2) is 17.2 Å². The van der Waals surface area contributed by atoms with Gasteiger partial charge in [0.05, 0.1) is 11.2 Å². The molecule has 0 aliphatic heterocycles. The van der Waals surface area contributed by atoms with Gasteiger partial charge < -0.3 is 5.32 Å². The molecule has 0 aliphatic carbocycles. The maximum Gasteiger partial charge on any atom is 0.0924 e. The van der Waals surface area contributed by atoms with Crippen molar-refractivity contribution in [2.24, 2.45) is 0 Å². The average molecular weight is 205 g/mol. The van der Waals surface area contributed by atoms with Gasteiger partial charge in [-0.15, -0.1) is 0 Å². The van der Waals surface area contributed by atoms with E-state index in [0.717, 1.165) is 17.8 Å². The van der Waals surface area contributed by atoms with Gasteiger partial charge in [0.15, 0.2) is 0 Å². The van der Waals surface area contributed by atoms with Gasteiger partial charge in [0, 0.05) is 11.9 Å². The Morgan fingerprint density at radius 3 is 2.73 bits per heavy atom. The summed E-state index contributed by atoms with van der Waals surface area (Å²) in [6, 6.07) is 6.28. The van der Waals surface area contributed by atoms with Crippen molar-refractivity contribution in [2.45, 2.75) is 27.3 Å². The van der Waals surface area contributed by atoms with Crippen molar-refractivity contribution in [3.63, 3.8) is 0 Å². The molecular weight excluding hydrogens is 186 g/mol. The fourth-order valence-electron chi connectivity index (χ4n) is 1.49. The lowest BCUT2D eigenvalue weighted by atomic mass is 10.1. The van der Waals surface area contributed by atoms with E-state index in [1.165, 1.54) is 10.9 Å². The van der Waals surface area contributed by atoms with Crippen molar-refractivity contribution in [3.05, 3.63) is 29.5 Å². The zero-order valence-electron chi connectivity index (χ0n) is 9.89. The van der Waals surface area contributed by atoms with Gasteiger partial charge in [-0.1, -0.05) is 25.5 Å². The van der Waals surface area contributed by atoms with Crippen LogP contribution in [0.2, 0.25) is 0 Å². The molecule has 2 rings (SSSR count). The molecule has 0 radical (unpaired) electrons. The average Bonchev–Trinajstić information content (AvgIpc) is 2.65. The number of benzene rings is 1. The number of aromatic nitrogens is 2. The minimum Gasteiger partial charge on any atom is -0.314 e. The molecule has 3 nitrogen and oxygen atoms in total. The van der Waals surface area contributed by atoms with E-state index in [4.69, 9.17) is 0 Å². The molecule has 0 spiro atoms. The van der Waals surface area contributed by atoms with Crippen molar-refractivity contribution in [1.29, 1.82) is 0 Å². The number of aromatic amines is 1. The summed E-state index contributed by atoms with van der Waals surface area (Å²) in [5.41, 5.74) is 3.46. The fraction of sp³-hybridized carbons (Fsp3) is 0.417. The highest BCUT2D eigenvalue weighted by Crippen LogP contribution is 2.16. The molecule has 3 heteroatoms. The number of hydrogen-bond donors (Lipinski definition) is 2. The Morgan fingerprint density at radius 1 is 1.33 bits per heavy atom. The maximum absolute atomic E-state index is 4.21. The third kappa shape index (κ3) is 2.57. The van der Waals surface area contributed by atoms with Gasteiger partial charge in [0.2, 0.25) is 0 Å². The molecule has 0 amide bonds. The Balaban J connectivity index is 0.000000531. The van der Waals surface area contributed by atoms with E-state index in [2.05, 4.69) is 34.6 Å². The highest BCUT2D eigenvalue weighted by molar-refractivity contribution is 5.81. The summed E-state index contributed by atoms with van der Waals surface area (Å²) >= 11 is 0. The predicted octanol–water partition coefficient (Wildman–Crippen LogP) is 2.62. The third-order valence-corrected chi connectivity index (χ3v) is 2.14. The lowest BCUT2D eigenvalue weighted by Crippen LogP contribution is -2.05. The Bertz CT molecular complexity index is 418. The highest BCUT2D eigenvalue weighted by Gasteiger charge is 2.03. The summed E-state index contributed by atoms with van der Waals surface area (Å²) < 4.78 is 0. The lowest BCUT2D eigenvalue weighted by Gasteiger charge is -1.96. The van der Waals surface area contributed by atoms with Crippen molar-refractivity contribution >= 4 is 10.9 Å². The second-order valence-corrected chi connectivity index (χ2v) is 3.25. The van der Waals surface area contributed by atoms with E-state index in [0.29, 0.717) is 0 Å². The second-order valence-electron chi connectivity index (χ2n) is 3.25. The minimum absolute atomic E-state index is 0.833. The van der Waals surface area contributed by atoms with Gasteiger partial charge in [-0.25, -0.2) is 0 Å². The first-order chi connectivity index (χ1) is 7.31. The van der Waals surface area contributed by atoms with Gasteiger partial charge in [0.1, 0.15) is 0 Å². The van der Waals surface area contributed by atoms with Gasteiger partial charge in [-0.3, -0.25) is 5.10 Å². The molecule has 2 aromatic rings. The van der Waals surface area contributed by atoms with Crippen molar-refractivity contribution in [1.82, 2.24) is 15.5 Å². The van der Waals surface area contributed by atoms with Gasteiger partial charge in [-0.05, 0) is 26.1 Å². The zero-order valence-corrected chi connectivity index (χ0v) is 9.89. The van der Waals surface area contributed by atoms with E-state index in [1.807, 2.05) is 27.0 Å². The van der Waals surface area contributed by atoms with Crippen LogP contribution in [0.15, 0.2) is 18.2 Å². The van der Waals surface area contributed by atoms with Crippen LogP contribution in [0.1, 0.15) is 25.1 Å². The topological polar surface area (TPSA) is 40.7 Å². The van der Waals surface area contributed by atoms with Crippen molar-refractivity contribution in [2.75, 3.05) is 7.05 Å². The van der Waals surface area contributed by atoms with Crippen LogP contribution in [0.5, 0.6) is 0 Å². The molecule has 1 aromatic heterocycles. The summed E-state index contributed by atoms with van der Waals surface area (Å²) in [7, 11) is 1.93. The van der Waals surface area contributed by atoms with Crippen LogP contribution in [0.3, 0.4) is 0 Å². The highest BCUT2D eigenvalue weighted by atomic mass is 15.1. The normalized spacial score (nSPS) is 9.87. The number of nitrogens with one attached hydrogen (secondary N) is 2. The Kier molecular flexibility index (Phi) is 4.31. The lowest BCUT2D eigenvalue weighted by molar-refractivity contribution is 0.789. The van der Waals surface area contributed by atoms with E-state index < -0.39 is 0 Å². The van der Waals surface area contributed by atoms with E-state index in [1.54, 1.807) is 0 Å². The summed E-state index contributed by atoms with van der Waals surface area (Å²) in [6.07, 6.45) is 0. The van der Waals surface area contributed by atoms with Crippen LogP contribution < -0.4 is 5.32 Å². The molecule has 0 unspecified atom stereocenters. The summed E-state index contributed by atoms with van der Waals surface area (Å²) in [5, 5.41) is 11.6. The summed E-state index contributed by atoms with van der Waals surface area (Å²) in [6.45, 7) is 6.93. The van der Waals surface area contributed by atoms with Crippen molar-refractivity contribution < 1.29 is 0 Å². The van der Waals surface area contributed by atoms with Crippen LogP contribution in [-0.2, 0) is 6.54 Å². The summed E-state index contributed by atoms with van der Waals surface area (Å²) in [5.74, 6) is 0. The molecule has 15 heavy (non-hydrogen) atoms. The van der Waals surface area contributed by atoms with Crippen LogP contribution in [0.25, 0.3) is 10.9 Å². The summed E-state index contributed by atoms with van der Waals surface area (Å²) in [4.78, 5) is 0. The van der Waals surface area contributed by atoms with Crippen LogP contribution >= 0.6 is 0 Å². The number of nitrogens with zero attached hydrogens (tertiary/aromatic N) is 1. The molecule has 0 atom stereocenters. The smallest absolute Gasteiger partial charge is 0.0924 e. The fourth-order valence-corrected chi connectivity index (χ4v) is 1.49. The number of rotatable bonds is 2. The standard InChI is InChI=1S/C10H13N3.C2H6/c1-7-3-4-9-8(5-7)10(6-11-2)13-12-9;1-2/h3-5,11H,6H2,1-2H3,(H,12,13);1-2H3. The first-order valence-electron chi connectivity index (χ1n) is 5.39. The minimum atomic E-state index is 0.833. The van der Waals surface area contributed by atoms with Gasteiger partial charge >= 0.3 is 0 Å². The first-order valence-corrected chi connectivity index (χ1v) is 5.39. The molecule has 2 N–H and O–H groups in total. The largest absolute Gasteiger partial charge is 0.314 e. The molecule has 0 fully saturated rings. The maximum atomic E-state index is 4.21. The molecular formula is C12H19N3. The van der Waals surface area contributed by atoms with Gasteiger partial charge in [-0.2, -0.15) is 5.10 Å². The van der Waals surface area contributed by atoms with Gasteiger partial charge in [0.25, 0.3) is 0 Å².